The molecular weight excluding hydrogens is 386 g/mol. The number of nitriles is 1. The number of aryl methyl sites for hydroxylation is 1. The molecule has 2 aromatic heterocycles. The summed E-state index contributed by atoms with van der Waals surface area (Å²) in [6, 6.07) is 9.84. The quantitative estimate of drug-likeness (QED) is 0.673. The molecule has 0 aliphatic carbocycles. The van der Waals surface area contributed by atoms with Gasteiger partial charge in [0.05, 0.1) is 28.4 Å². The van der Waals surface area contributed by atoms with Crippen molar-refractivity contribution in [3.8, 4) is 17.3 Å². The molecule has 2 saturated heterocycles. The van der Waals surface area contributed by atoms with E-state index in [0.29, 0.717) is 10.6 Å². The number of imidazole rings is 1. The van der Waals surface area contributed by atoms with Gasteiger partial charge in [0.25, 0.3) is 5.91 Å². The number of amides is 1. The van der Waals surface area contributed by atoms with Crippen molar-refractivity contribution in [2.24, 2.45) is 0 Å². The van der Waals surface area contributed by atoms with E-state index in [4.69, 9.17) is 11.6 Å². The summed E-state index contributed by atoms with van der Waals surface area (Å²) in [5, 5.41) is 12.8. The molecular formula is C22H20ClN5O. The maximum Gasteiger partial charge on any atom is 0.253 e. The Hall–Kier alpha value is -3.04. The number of halogens is 1. The highest BCUT2D eigenvalue weighted by Crippen LogP contribution is 2.37. The van der Waals surface area contributed by atoms with Gasteiger partial charge in [0.15, 0.2) is 6.19 Å². The Labute approximate surface area is 173 Å². The molecule has 146 valence electrons. The number of nitrogens with zero attached hydrogens (tertiary/aromatic N) is 4. The van der Waals surface area contributed by atoms with Crippen LogP contribution in [-0.2, 0) is 0 Å². The minimum Gasteiger partial charge on any atom is -0.347 e. The van der Waals surface area contributed by atoms with E-state index >= 15 is 0 Å². The van der Waals surface area contributed by atoms with Crippen LogP contribution < -0.4 is 5.32 Å². The first-order chi connectivity index (χ1) is 14.0. The number of carbonyl (C=O) groups excluding carboxylic acids is 1. The molecule has 0 spiro atoms. The lowest BCUT2D eigenvalue weighted by Gasteiger charge is -2.22. The van der Waals surface area contributed by atoms with Gasteiger partial charge in [0.2, 0.25) is 0 Å². The minimum absolute atomic E-state index is 0.00327. The van der Waals surface area contributed by atoms with Crippen molar-refractivity contribution in [3.63, 3.8) is 0 Å². The summed E-state index contributed by atoms with van der Waals surface area (Å²) in [6.45, 7) is 1.96. The van der Waals surface area contributed by atoms with Crippen molar-refractivity contribution in [2.75, 3.05) is 0 Å². The van der Waals surface area contributed by atoms with E-state index in [9.17, 15) is 10.1 Å². The van der Waals surface area contributed by atoms with Crippen LogP contribution in [0.3, 0.4) is 0 Å². The lowest BCUT2D eigenvalue weighted by Crippen LogP contribution is -2.43. The standard InChI is InChI=1S/C22H20ClN5O/c1-13-10-27-11-15(3-7-21(27)25-13)14-2-5-17(18(23)8-14)22(29)26-19-9-16-4-6-20(19)28(16)12-24/h2-3,5,7-8,10-11,16,19-20H,4,6,9H2,1H3,(H,26,29)/t16-,19+,20+/m0/s1. The van der Waals surface area contributed by atoms with Crippen LogP contribution in [0.25, 0.3) is 16.8 Å². The van der Waals surface area contributed by atoms with Gasteiger partial charge in [-0.15, -0.1) is 0 Å². The zero-order valence-corrected chi connectivity index (χ0v) is 16.7. The predicted molar refractivity (Wildman–Crippen MR) is 111 cm³/mol. The van der Waals surface area contributed by atoms with Gasteiger partial charge >= 0.3 is 0 Å². The normalized spacial score (nSPS) is 22.8. The molecule has 0 unspecified atom stereocenters. The maximum absolute atomic E-state index is 12.8. The molecule has 3 atom stereocenters. The van der Waals surface area contributed by atoms with Crippen molar-refractivity contribution in [3.05, 3.63) is 59.0 Å². The average molecular weight is 406 g/mol. The summed E-state index contributed by atoms with van der Waals surface area (Å²) in [6.07, 6.45) is 9.05. The van der Waals surface area contributed by atoms with E-state index < -0.39 is 0 Å². The smallest absolute Gasteiger partial charge is 0.253 e. The topological polar surface area (TPSA) is 73.4 Å². The molecule has 1 N–H and O–H groups in total. The highest BCUT2D eigenvalue weighted by Gasteiger charge is 2.46. The minimum atomic E-state index is -0.183. The Morgan fingerprint density at radius 1 is 1.24 bits per heavy atom. The van der Waals surface area contributed by atoms with Crippen molar-refractivity contribution in [1.82, 2.24) is 19.6 Å². The van der Waals surface area contributed by atoms with Crippen LogP contribution in [-0.4, -0.2) is 38.3 Å². The molecule has 2 aliphatic rings. The summed E-state index contributed by atoms with van der Waals surface area (Å²) in [4.78, 5) is 19.1. The second kappa shape index (κ2) is 6.78. The Balaban J connectivity index is 1.36. The molecule has 5 rings (SSSR count). The van der Waals surface area contributed by atoms with E-state index in [1.807, 2.05) is 52.9 Å². The summed E-state index contributed by atoms with van der Waals surface area (Å²) >= 11 is 6.47. The molecule has 2 bridgehead atoms. The van der Waals surface area contributed by atoms with E-state index in [-0.39, 0.29) is 24.0 Å². The Morgan fingerprint density at radius 2 is 2.07 bits per heavy atom. The van der Waals surface area contributed by atoms with Crippen LogP contribution in [0, 0.1) is 18.4 Å². The average Bonchev–Trinajstić information content (AvgIpc) is 3.37. The highest BCUT2D eigenvalue weighted by molar-refractivity contribution is 6.34. The first-order valence-corrected chi connectivity index (χ1v) is 10.2. The van der Waals surface area contributed by atoms with E-state index in [2.05, 4.69) is 16.5 Å². The SMILES string of the molecule is Cc1cn2cc(-c3ccc(C(=O)N[C@@H]4C[C@@H]5CC[C@H]4N5C#N)c(Cl)c3)ccc2n1. The van der Waals surface area contributed by atoms with Crippen LogP contribution in [0.2, 0.25) is 5.02 Å². The third-order valence-corrected chi connectivity index (χ3v) is 6.40. The number of carbonyl (C=O) groups is 1. The Bertz CT molecular complexity index is 1160. The first kappa shape index (κ1) is 18.0. The summed E-state index contributed by atoms with van der Waals surface area (Å²) in [5.74, 6) is -0.183. The molecule has 3 aromatic rings. The van der Waals surface area contributed by atoms with Crippen LogP contribution in [0.4, 0.5) is 0 Å². The zero-order valence-electron chi connectivity index (χ0n) is 16.0. The van der Waals surface area contributed by atoms with Crippen molar-refractivity contribution >= 4 is 23.2 Å². The number of pyridine rings is 1. The van der Waals surface area contributed by atoms with Gasteiger partial charge in [-0.1, -0.05) is 17.7 Å². The fourth-order valence-corrected chi connectivity index (χ4v) is 4.98. The number of nitrogens with one attached hydrogen (secondary N) is 1. The monoisotopic (exact) mass is 405 g/mol. The molecule has 1 aromatic carbocycles. The first-order valence-electron chi connectivity index (χ1n) is 9.78. The summed E-state index contributed by atoms with van der Waals surface area (Å²) in [5.41, 5.74) is 4.26. The second-order valence-electron chi connectivity index (χ2n) is 7.88. The number of hydrogen-bond donors (Lipinski definition) is 1. The van der Waals surface area contributed by atoms with Crippen LogP contribution in [0.1, 0.15) is 35.3 Å². The van der Waals surface area contributed by atoms with Crippen molar-refractivity contribution in [2.45, 2.75) is 44.3 Å². The number of rotatable bonds is 3. The molecule has 1 amide bonds. The van der Waals surface area contributed by atoms with Crippen molar-refractivity contribution < 1.29 is 4.79 Å². The summed E-state index contributed by atoms with van der Waals surface area (Å²) < 4.78 is 1.98. The van der Waals surface area contributed by atoms with E-state index in [0.717, 1.165) is 41.7 Å². The second-order valence-corrected chi connectivity index (χ2v) is 8.29. The largest absolute Gasteiger partial charge is 0.347 e. The number of hydrogen-bond acceptors (Lipinski definition) is 4. The molecule has 4 heterocycles. The molecule has 7 heteroatoms. The molecule has 29 heavy (non-hydrogen) atoms. The fraction of sp³-hybridized carbons (Fsp3) is 0.318. The maximum atomic E-state index is 12.8. The predicted octanol–water partition coefficient (Wildman–Crippen LogP) is 3.78. The Kier molecular flexibility index (Phi) is 4.21. The Morgan fingerprint density at radius 3 is 2.83 bits per heavy atom. The number of benzene rings is 1. The third kappa shape index (κ3) is 3.02. The van der Waals surface area contributed by atoms with Gasteiger partial charge in [0, 0.05) is 18.4 Å². The number of fused-ring (bicyclic) bond motifs is 3. The lowest BCUT2D eigenvalue weighted by molar-refractivity contribution is 0.0928. The van der Waals surface area contributed by atoms with Crippen molar-refractivity contribution in [1.29, 1.82) is 5.26 Å². The molecule has 0 radical (unpaired) electrons. The van der Waals surface area contributed by atoms with Gasteiger partial charge in [0.1, 0.15) is 5.65 Å². The van der Waals surface area contributed by atoms with Crippen LogP contribution >= 0.6 is 11.6 Å². The van der Waals surface area contributed by atoms with Gasteiger partial charge < -0.3 is 14.6 Å². The molecule has 0 saturated carbocycles. The zero-order chi connectivity index (χ0) is 20.1. The van der Waals surface area contributed by atoms with Crippen LogP contribution in [0.15, 0.2) is 42.7 Å². The molecule has 2 aliphatic heterocycles. The van der Waals surface area contributed by atoms with Crippen LogP contribution in [0.5, 0.6) is 0 Å². The fourth-order valence-electron chi connectivity index (χ4n) is 4.71. The number of aromatic nitrogens is 2. The van der Waals surface area contributed by atoms with E-state index in [1.165, 1.54) is 0 Å². The van der Waals surface area contributed by atoms with E-state index in [1.54, 1.807) is 6.07 Å². The van der Waals surface area contributed by atoms with Gasteiger partial charge in [-0.3, -0.25) is 4.79 Å². The summed E-state index contributed by atoms with van der Waals surface area (Å²) in [7, 11) is 0. The highest BCUT2D eigenvalue weighted by atomic mass is 35.5. The third-order valence-electron chi connectivity index (χ3n) is 6.09. The molecule has 2 fully saturated rings. The lowest BCUT2D eigenvalue weighted by atomic mass is 9.95. The molecule has 6 nitrogen and oxygen atoms in total. The van der Waals surface area contributed by atoms with Gasteiger partial charge in [-0.2, -0.15) is 5.26 Å². The van der Waals surface area contributed by atoms with Gasteiger partial charge in [-0.25, -0.2) is 4.98 Å². The van der Waals surface area contributed by atoms with Gasteiger partial charge in [-0.05, 0) is 61.6 Å².